The third-order valence-electron chi connectivity index (χ3n) is 1.82. The van der Waals surface area contributed by atoms with Crippen molar-refractivity contribution in [1.29, 1.82) is 0 Å². The highest BCUT2D eigenvalue weighted by atomic mass is 19.1. The lowest BCUT2D eigenvalue weighted by Crippen LogP contribution is -2.04. The topological polar surface area (TPSA) is 75.1 Å². The van der Waals surface area contributed by atoms with Crippen LogP contribution in [0.25, 0.3) is 10.4 Å². The Morgan fingerprint density at radius 1 is 1.65 bits per heavy atom. The molecule has 17 heavy (non-hydrogen) atoms. The smallest absolute Gasteiger partial charge is 0.340 e. The van der Waals surface area contributed by atoms with Crippen molar-refractivity contribution in [3.63, 3.8) is 0 Å². The Morgan fingerprint density at radius 2 is 2.41 bits per heavy atom. The predicted octanol–water partition coefficient (Wildman–Crippen LogP) is 2.27. The number of ether oxygens (including phenoxy) is 1. The van der Waals surface area contributed by atoms with Crippen LogP contribution in [0.3, 0.4) is 0 Å². The van der Waals surface area contributed by atoms with Crippen molar-refractivity contribution in [2.24, 2.45) is 5.11 Å². The first kappa shape index (κ1) is 12.6. The molecule has 0 amide bonds. The van der Waals surface area contributed by atoms with Gasteiger partial charge in [0.15, 0.2) is 0 Å². The maximum Gasteiger partial charge on any atom is 0.340 e. The first-order valence-electron chi connectivity index (χ1n) is 4.56. The van der Waals surface area contributed by atoms with E-state index in [0.29, 0.717) is 5.56 Å². The lowest BCUT2D eigenvalue weighted by atomic mass is 10.1. The van der Waals surface area contributed by atoms with Crippen LogP contribution < -0.4 is 0 Å². The Labute approximate surface area is 96.8 Å². The van der Waals surface area contributed by atoms with Gasteiger partial charge in [0.05, 0.1) is 19.2 Å². The highest BCUT2D eigenvalue weighted by Crippen LogP contribution is 2.10. The minimum Gasteiger partial charge on any atom is -0.465 e. The van der Waals surface area contributed by atoms with E-state index in [9.17, 15) is 9.18 Å². The van der Waals surface area contributed by atoms with Gasteiger partial charge in [-0.1, -0.05) is 17.0 Å². The number of esters is 1. The largest absolute Gasteiger partial charge is 0.465 e. The average molecular weight is 233 g/mol. The summed E-state index contributed by atoms with van der Waals surface area (Å²) in [6, 6.07) is 3.90. The van der Waals surface area contributed by atoms with Gasteiger partial charge in [0.2, 0.25) is 0 Å². The normalized spacial score (nSPS) is 8.59. The molecule has 0 saturated heterocycles. The summed E-state index contributed by atoms with van der Waals surface area (Å²) < 4.78 is 17.8. The molecule has 1 aromatic rings. The summed E-state index contributed by atoms with van der Waals surface area (Å²) in [5, 5.41) is 3.21. The zero-order valence-electron chi connectivity index (χ0n) is 8.98. The molecule has 0 spiro atoms. The number of carbonyl (C=O) groups is 1. The molecule has 5 nitrogen and oxygen atoms in total. The predicted molar refractivity (Wildman–Crippen MR) is 58.6 cm³/mol. The second-order valence-electron chi connectivity index (χ2n) is 2.88. The van der Waals surface area contributed by atoms with E-state index in [2.05, 4.69) is 26.6 Å². The van der Waals surface area contributed by atoms with Gasteiger partial charge < -0.3 is 4.74 Å². The molecule has 0 saturated carbocycles. The molecule has 0 atom stereocenters. The SMILES string of the molecule is COC(=O)c1ccc(C#CCN=[N+]=[N-])cc1F. The second kappa shape index (κ2) is 6.16. The molecule has 0 aliphatic rings. The molecular formula is C11H8FN3O2. The van der Waals surface area contributed by atoms with Crippen molar-refractivity contribution < 1.29 is 13.9 Å². The molecule has 0 fully saturated rings. The summed E-state index contributed by atoms with van der Waals surface area (Å²) in [5.74, 6) is 3.70. The van der Waals surface area contributed by atoms with Gasteiger partial charge in [-0.2, -0.15) is 0 Å². The highest BCUT2D eigenvalue weighted by Gasteiger charge is 2.11. The first-order valence-corrected chi connectivity index (χ1v) is 4.56. The number of methoxy groups -OCH3 is 1. The van der Waals surface area contributed by atoms with E-state index in [-0.39, 0.29) is 12.1 Å². The van der Waals surface area contributed by atoms with Crippen LogP contribution in [-0.4, -0.2) is 19.6 Å². The number of hydrogen-bond acceptors (Lipinski definition) is 3. The summed E-state index contributed by atoms with van der Waals surface area (Å²) >= 11 is 0. The molecular weight excluding hydrogens is 225 g/mol. The van der Waals surface area contributed by atoms with Crippen LogP contribution in [0.15, 0.2) is 23.3 Å². The van der Waals surface area contributed by atoms with Crippen LogP contribution >= 0.6 is 0 Å². The molecule has 0 N–H and O–H groups in total. The van der Waals surface area contributed by atoms with Crippen molar-refractivity contribution in [2.45, 2.75) is 0 Å². The molecule has 0 aliphatic carbocycles. The summed E-state index contributed by atoms with van der Waals surface area (Å²) in [6.07, 6.45) is 0. The average Bonchev–Trinajstić information content (AvgIpc) is 2.34. The number of hydrogen-bond donors (Lipinski definition) is 0. The van der Waals surface area contributed by atoms with Crippen LogP contribution in [0, 0.1) is 17.7 Å². The van der Waals surface area contributed by atoms with Gasteiger partial charge in [0.1, 0.15) is 5.82 Å². The molecule has 6 heteroatoms. The van der Waals surface area contributed by atoms with E-state index in [1.165, 1.54) is 19.2 Å². The van der Waals surface area contributed by atoms with Crippen molar-refractivity contribution in [3.8, 4) is 11.8 Å². The first-order chi connectivity index (χ1) is 8.19. The fourth-order valence-electron chi connectivity index (χ4n) is 1.08. The van der Waals surface area contributed by atoms with Gasteiger partial charge >= 0.3 is 5.97 Å². The van der Waals surface area contributed by atoms with Gasteiger partial charge in [-0.3, -0.25) is 0 Å². The molecule has 0 aliphatic heterocycles. The molecule has 0 radical (unpaired) electrons. The quantitative estimate of drug-likeness (QED) is 0.258. The van der Waals surface area contributed by atoms with Gasteiger partial charge in [-0.25, -0.2) is 9.18 Å². The Bertz CT molecular complexity index is 539. The fraction of sp³-hybridized carbons (Fsp3) is 0.182. The molecule has 0 heterocycles. The van der Waals surface area contributed by atoms with Gasteiger partial charge in [0, 0.05) is 10.5 Å². The zero-order chi connectivity index (χ0) is 12.7. The van der Waals surface area contributed by atoms with Crippen molar-refractivity contribution in [1.82, 2.24) is 0 Å². The van der Waals surface area contributed by atoms with Crippen molar-refractivity contribution in [3.05, 3.63) is 45.6 Å². The number of carbonyl (C=O) groups excluding carboxylic acids is 1. The van der Waals surface area contributed by atoms with Gasteiger partial charge in [-0.05, 0) is 23.7 Å². The van der Waals surface area contributed by atoms with Crippen LogP contribution in [0.4, 0.5) is 4.39 Å². The number of rotatable bonds is 2. The summed E-state index contributed by atoms with van der Waals surface area (Å²) in [6.45, 7) is 0.0108. The van der Waals surface area contributed by atoms with Crippen molar-refractivity contribution in [2.75, 3.05) is 13.7 Å². The van der Waals surface area contributed by atoms with Gasteiger partial charge in [0.25, 0.3) is 0 Å². The summed E-state index contributed by atoms with van der Waals surface area (Å²) in [4.78, 5) is 13.6. The lowest BCUT2D eigenvalue weighted by molar-refractivity contribution is 0.0595. The lowest BCUT2D eigenvalue weighted by Gasteiger charge is -2.00. The Kier molecular flexibility index (Phi) is 4.55. The van der Waals surface area contributed by atoms with E-state index in [0.717, 1.165) is 6.07 Å². The van der Waals surface area contributed by atoms with Gasteiger partial charge in [-0.15, -0.1) is 0 Å². The minimum absolute atomic E-state index is 0.0108. The standard InChI is InChI=1S/C11H8FN3O2/c1-17-11(16)9-5-4-8(7-10(9)12)3-2-6-14-15-13/h4-5,7H,6H2,1H3. The zero-order valence-corrected chi connectivity index (χ0v) is 8.98. The van der Waals surface area contributed by atoms with Crippen molar-refractivity contribution >= 4 is 5.97 Å². The third kappa shape index (κ3) is 3.52. The summed E-state index contributed by atoms with van der Waals surface area (Å²) in [7, 11) is 1.18. The Hall–Kier alpha value is -2.51. The second-order valence-corrected chi connectivity index (χ2v) is 2.88. The third-order valence-corrected chi connectivity index (χ3v) is 1.82. The minimum atomic E-state index is -0.740. The Morgan fingerprint density at radius 3 is 3.00 bits per heavy atom. The monoisotopic (exact) mass is 233 g/mol. The fourth-order valence-corrected chi connectivity index (χ4v) is 1.08. The highest BCUT2D eigenvalue weighted by molar-refractivity contribution is 5.89. The maximum absolute atomic E-state index is 13.4. The molecule has 1 aromatic carbocycles. The molecule has 0 aromatic heterocycles. The van der Waals surface area contributed by atoms with E-state index in [1.807, 2.05) is 0 Å². The Balaban J connectivity index is 2.91. The maximum atomic E-state index is 13.4. The number of benzene rings is 1. The summed E-state index contributed by atoms with van der Waals surface area (Å²) in [5.41, 5.74) is 8.26. The number of azide groups is 1. The number of halogens is 1. The molecule has 86 valence electrons. The molecule has 0 unspecified atom stereocenters. The van der Waals surface area contributed by atoms with E-state index < -0.39 is 11.8 Å². The molecule has 1 rings (SSSR count). The molecule has 0 bridgehead atoms. The van der Waals surface area contributed by atoms with Crippen LogP contribution in [-0.2, 0) is 4.74 Å². The number of nitrogens with zero attached hydrogens (tertiary/aromatic N) is 3. The van der Waals surface area contributed by atoms with E-state index in [1.54, 1.807) is 0 Å². The van der Waals surface area contributed by atoms with Crippen LogP contribution in [0.5, 0.6) is 0 Å². The van der Waals surface area contributed by atoms with E-state index in [4.69, 9.17) is 5.53 Å². The van der Waals surface area contributed by atoms with E-state index >= 15 is 0 Å². The van der Waals surface area contributed by atoms with Crippen LogP contribution in [0.2, 0.25) is 0 Å². The van der Waals surface area contributed by atoms with Crippen LogP contribution in [0.1, 0.15) is 15.9 Å².